The van der Waals surface area contributed by atoms with Gasteiger partial charge >= 0.3 is 0 Å². The normalized spacial score (nSPS) is 11.2. The number of carbonyl (C=O) groups is 2. The first-order valence-electron chi connectivity index (χ1n) is 6.06. The van der Waals surface area contributed by atoms with Crippen LogP contribution in [-0.4, -0.2) is 51.7 Å². The predicted octanol–water partition coefficient (Wildman–Crippen LogP) is -1.05. The van der Waals surface area contributed by atoms with Crippen LogP contribution < -0.4 is 16.4 Å². The molecule has 0 bridgehead atoms. The molecule has 2 amide bonds. The van der Waals surface area contributed by atoms with E-state index in [0.29, 0.717) is 5.69 Å². The number of benzene rings is 1. The maximum absolute atomic E-state index is 12.0. The fourth-order valence-electron chi connectivity index (χ4n) is 1.40. The largest absolute Gasteiger partial charge is 0.346 e. The number of nitrogens with zero attached hydrogens (tertiary/aromatic N) is 1. The third-order valence-electron chi connectivity index (χ3n) is 2.53. The van der Waals surface area contributed by atoms with Gasteiger partial charge in [0.05, 0.1) is 18.0 Å². The van der Waals surface area contributed by atoms with Crippen LogP contribution in [0, 0.1) is 0 Å². The molecule has 21 heavy (non-hydrogen) atoms. The van der Waals surface area contributed by atoms with Gasteiger partial charge in [0, 0.05) is 19.8 Å². The molecule has 0 aliphatic carbocycles. The maximum Gasteiger partial charge on any atom is 0.243 e. The van der Waals surface area contributed by atoms with Crippen molar-refractivity contribution in [2.45, 2.75) is 4.90 Å². The molecule has 116 valence electrons. The second kappa shape index (κ2) is 7.16. The highest BCUT2D eigenvalue weighted by Gasteiger charge is 2.17. The van der Waals surface area contributed by atoms with Gasteiger partial charge in [0.25, 0.3) is 0 Å². The minimum Gasteiger partial charge on any atom is -0.346 e. The van der Waals surface area contributed by atoms with E-state index < -0.39 is 21.8 Å². The standard InChI is InChI=1S/C12H18N4O4S/c1-16(2)21(19,20)10-5-3-4-9(6-10)15-12(18)8-14-11(17)7-13/h3-6H,7-8,13H2,1-2H3,(H,14,17)(H,15,18). The van der Waals surface area contributed by atoms with Gasteiger partial charge in [-0.1, -0.05) is 6.07 Å². The van der Waals surface area contributed by atoms with Crippen molar-refractivity contribution in [1.29, 1.82) is 0 Å². The van der Waals surface area contributed by atoms with Crippen molar-refractivity contribution in [1.82, 2.24) is 9.62 Å². The third kappa shape index (κ3) is 4.81. The maximum atomic E-state index is 12.0. The van der Waals surface area contributed by atoms with Crippen molar-refractivity contribution in [3.05, 3.63) is 24.3 Å². The fraction of sp³-hybridized carbons (Fsp3) is 0.333. The van der Waals surface area contributed by atoms with E-state index in [1.54, 1.807) is 6.07 Å². The number of hydrogen-bond acceptors (Lipinski definition) is 5. The number of rotatable bonds is 6. The number of anilines is 1. The summed E-state index contributed by atoms with van der Waals surface area (Å²) in [5.74, 6) is -0.926. The molecular formula is C12H18N4O4S. The number of nitrogens with one attached hydrogen (secondary N) is 2. The molecule has 1 rings (SSSR count). The van der Waals surface area contributed by atoms with Crippen LogP contribution in [0.4, 0.5) is 5.69 Å². The van der Waals surface area contributed by atoms with Crippen LogP contribution in [0.15, 0.2) is 29.2 Å². The first-order valence-corrected chi connectivity index (χ1v) is 7.50. The molecule has 4 N–H and O–H groups in total. The van der Waals surface area contributed by atoms with Gasteiger partial charge in [0.15, 0.2) is 0 Å². The van der Waals surface area contributed by atoms with E-state index in [0.717, 1.165) is 4.31 Å². The van der Waals surface area contributed by atoms with Crippen LogP contribution in [0.2, 0.25) is 0 Å². The van der Waals surface area contributed by atoms with E-state index in [-0.39, 0.29) is 18.0 Å². The first-order chi connectivity index (χ1) is 9.77. The first kappa shape index (κ1) is 17.1. The van der Waals surface area contributed by atoms with E-state index in [1.807, 2.05) is 0 Å². The molecule has 1 aromatic rings. The molecular weight excluding hydrogens is 296 g/mol. The predicted molar refractivity (Wildman–Crippen MR) is 78.0 cm³/mol. The minimum absolute atomic E-state index is 0.0660. The topological polar surface area (TPSA) is 122 Å². The summed E-state index contributed by atoms with van der Waals surface area (Å²) in [6.45, 7) is -0.440. The molecule has 0 heterocycles. The van der Waals surface area contributed by atoms with Gasteiger partial charge in [0.2, 0.25) is 21.8 Å². The van der Waals surface area contributed by atoms with Crippen molar-refractivity contribution in [3.8, 4) is 0 Å². The highest BCUT2D eigenvalue weighted by Crippen LogP contribution is 2.17. The zero-order chi connectivity index (χ0) is 16.0. The second-order valence-electron chi connectivity index (χ2n) is 4.34. The van der Waals surface area contributed by atoms with Crippen LogP contribution in [-0.2, 0) is 19.6 Å². The Balaban J connectivity index is 2.78. The van der Waals surface area contributed by atoms with E-state index in [1.165, 1.54) is 32.3 Å². The number of amides is 2. The molecule has 0 saturated heterocycles. The Morgan fingerprint density at radius 1 is 1.24 bits per heavy atom. The summed E-state index contributed by atoms with van der Waals surface area (Å²) < 4.78 is 25.0. The summed E-state index contributed by atoms with van der Waals surface area (Å²) in [6, 6.07) is 5.85. The van der Waals surface area contributed by atoms with Gasteiger partial charge in [0.1, 0.15) is 0 Å². The van der Waals surface area contributed by atoms with E-state index >= 15 is 0 Å². The fourth-order valence-corrected chi connectivity index (χ4v) is 2.35. The lowest BCUT2D eigenvalue weighted by Gasteiger charge is -2.12. The van der Waals surface area contributed by atoms with Gasteiger partial charge in [-0.25, -0.2) is 12.7 Å². The highest BCUT2D eigenvalue weighted by atomic mass is 32.2. The molecule has 0 saturated carbocycles. The zero-order valence-electron chi connectivity index (χ0n) is 11.8. The minimum atomic E-state index is -3.57. The molecule has 0 atom stereocenters. The summed E-state index contributed by atoms with van der Waals surface area (Å²) in [5, 5.41) is 4.81. The summed E-state index contributed by atoms with van der Waals surface area (Å²) >= 11 is 0. The molecule has 9 heteroatoms. The molecule has 0 aliphatic heterocycles. The van der Waals surface area contributed by atoms with E-state index in [2.05, 4.69) is 10.6 Å². The van der Waals surface area contributed by atoms with E-state index in [4.69, 9.17) is 5.73 Å². The van der Waals surface area contributed by atoms with Crippen molar-refractivity contribution >= 4 is 27.5 Å². The summed E-state index contributed by atoms with van der Waals surface area (Å²) in [4.78, 5) is 22.6. The Labute approximate surface area is 123 Å². The van der Waals surface area contributed by atoms with Crippen LogP contribution in [0.5, 0.6) is 0 Å². The summed E-state index contributed by atoms with van der Waals surface area (Å²) in [6.07, 6.45) is 0. The number of carbonyl (C=O) groups excluding carboxylic acids is 2. The molecule has 0 aromatic heterocycles. The van der Waals surface area contributed by atoms with Crippen LogP contribution in [0.3, 0.4) is 0 Å². The Kier molecular flexibility index (Phi) is 5.82. The molecule has 8 nitrogen and oxygen atoms in total. The lowest BCUT2D eigenvalue weighted by molar-refractivity contribution is -0.123. The van der Waals surface area contributed by atoms with Crippen molar-refractivity contribution in [2.24, 2.45) is 5.73 Å². The molecule has 0 radical (unpaired) electrons. The van der Waals surface area contributed by atoms with Crippen molar-refractivity contribution < 1.29 is 18.0 Å². The molecule has 0 spiro atoms. The number of hydrogen-bond donors (Lipinski definition) is 3. The van der Waals surface area contributed by atoms with Crippen LogP contribution in [0.25, 0.3) is 0 Å². The smallest absolute Gasteiger partial charge is 0.243 e. The SMILES string of the molecule is CN(C)S(=O)(=O)c1cccc(NC(=O)CNC(=O)CN)c1. The lowest BCUT2D eigenvalue weighted by Crippen LogP contribution is -2.36. The second-order valence-corrected chi connectivity index (χ2v) is 6.50. The van der Waals surface area contributed by atoms with Gasteiger partial charge in [-0.3, -0.25) is 9.59 Å². The number of sulfonamides is 1. The van der Waals surface area contributed by atoms with E-state index in [9.17, 15) is 18.0 Å². The third-order valence-corrected chi connectivity index (χ3v) is 4.34. The van der Waals surface area contributed by atoms with Crippen molar-refractivity contribution in [2.75, 3.05) is 32.5 Å². The number of nitrogens with two attached hydrogens (primary N) is 1. The molecule has 0 aliphatic rings. The highest BCUT2D eigenvalue weighted by molar-refractivity contribution is 7.89. The summed E-state index contributed by atoms with van der Waals surface area (Å²) in [7, 11) is -0.730. The van der Waals surface area contributed by atoms with Gasteiger partial charge in [-0.2, -0.15) is 0 Å². The van der Waals surface area contributed by atoms with Gasteiger partial charge < -0.3 is 16.4 Å². The van der Waals surface area contributed by atoms with Crippen LogP contribution in [0.1, 0.15) is 0 Å². The summed E-state index contributed by atoms with van der Waals surface area (Å²) in [5.41, 5.74) is 5.42. The molecule has 0 fully saturated rings. The quantitative estimate of drug-likeness (QED) is 0.618. The lowest BCUT2D eigenvalue weighted by atomic mass is 10.3. The average molecular weight is 314 g/mol. The molecule has 1 aromatic carbocycles. The molecule has 0 unspecified atom stereocenters. The Morgan fingerprint density at radius 2 is 1.90 bits per heavy atom. The van der Waals surface area contributed by atoms with Gasteiger partial charge in [-0.15, -0.1) is 0 Å². The monoisotopic (exact) mass is 314 g/mol. The Bertz CT molecular complexity index is 628. The van der Waals surface area contributed by atoms with Gasteiger partial charge in [-0.05, 0) is 18.2 Å². The van der Waals surface area contributed by atoms with Crippen LogP contribution >= 0.6 is 0 Å². The Hall–Kier alpha value is -1.97. The van der Waals surface area contributed by atoms with Crippen molar-refractivity contribution in [3.63, 3.8) is 0 Å². The Morgan fingerprint density at radius 3 is 2.48 bits per heavy atom. The zero-order valence-corrected chi connectivity index (χ0v) is 12.6. The average Bonchev–Trinajstić information content (AvgIpc) is 2.44.